The second kappa shape index (κ2) is 10.4. The molecule has 0 radical (unpaired) electrons. The first kappa shape index (κ1) is 13.3. The summed E-state index contributed by atoms with van der Waals surface area (Å²) in [7, 11) is 0. The Bertz CT molecular complexity index is 131. The summed E-state index contributed by atoms with van der Waals surface area (Å²) in [6.45, 7) is 1.43. The summed E-state index contributed by atoms with van der Waals surface area (Å²) in [6, 6.07) is 0. The normalized spacial score (nSPS) is 10.0. The number of rotatable bonds is 8. The number of alkyl halides is 1. The molecule has 0 spiro atoms. The van der Waals surface area contributed by atoms with Crippen LogP contribution in [0.5, 0.6) is 0 Å². The van der Waals surface area contributed by atoms with Crippen LogP contribution in [0.3, 0.4) is 0 Å². The van der Waals surface area contributed by atoms with E-state index < -0.39 is 0 Å². The topological polar surface area (TPSA) is 26.3 Å². The van der Waals surface area contributed by atoms with Crippen LogP contribution in [-0.2, 0) is 8.98 Å². The van der Waals surface area contributed by atoms with Crippen molar-refractivity contribution in [3.05, 3.63) is 0 Å². The van der Waals surface area contributed by atoms with E-state index in [0.717, 1.165) is 17.5 Å². The van der Waals surface area contributed by atoms with Crippen molar-refractivity contribution < 1.29 is 8.98 Å². The van der Waals surface area contributed by atoms with Crippen molar-refractivity contribution in [2.24, 2.45) is 0 Å². The molecule has 0 rings (SSSR count). The van der Waals surface area contributed by atoms with Gasteiger partial charge in [-0.1, -0.05) is 35.2 Å². The lowest BCUT2D eigenvalue weighted by molar-refractivity contribution is -0.130. The lowest BCUT2D eigenvalue weighted by Crippen LogP contribution is -1.91. The fourth-order valence-electron chi connectivity index (χ4n) is 0.910. The van der Waals surface area contributed by atoms with E-state index in [1.807, 2.05) is 0 Å². The van der Waals surface area contributed by atoms with Crippen LogP contribution in [-0.4, -0.2) is 17.1 Å². The van der Waals surface area contributed by atoms with Gasteiger partial charge < -0.3 is 4.18 Å². The molecule has 0 unspecified atom stereocenters. The van der Waals surface area contributed by atoms with Gasteiger partial charge in [-0.05, 0) is 12.8 Å². The van der Waals surface area contributed by atoms with Crippen LogP contribution in [0.1, 0.15) is 39.0 Å². The second-order valence-electron chi connectivity index (χ2n) is 2.85. The van der Waals surface area contributed by atoms with E-state index in [0.29, 0.717) is 0 Å². The van der Waals surface area contributed by atoms with Crippen molar-refractivity contribution >= 4 is 33.9 Å². The number of unbranched alkanes of at least 4 members (excludes halogenated alkanes) is 4. The lowest BCUT2D eigenvalue weighted by Gasteiger charge is -1.99. The van der Waals surface area contributed by atoms with Crippen LogP contribution in [0.15, 0.2) is 0 Å². The highest BCUT2D eigenvalue weighted by molar-refractivity contribution is 9.09. The van der Waals surface area contributed by atoms with E-state index in [1.165, 1.54) is 44.6 Å². The van der Waals surface area contributed by atoms with Gasteiger partial charge in [-0.15, -0.1) is 0 Å². The molecule has 0 N–H and O–H groups in total. The minimum absolute atomic E-state index is 0.204. The number of carbonyl (C=O) groups is 1. The summed E-state index contributed by atoms with van der Waals surface area (Å²) in [5, 5.41) is 1.11. The van der Waals surface area contributed by atoms with Crippen LogP contribution in [0, 0.1) is 0 Å². The third kappa shape index (κ3) is 12.3. The first-order chi connectivity index (χ1) is 6.27. The number of carbonyl (C=O) groups excluding carboxylic acids is 1. The molecule has 0 aliphatic carbocycles. The molecule has 0 amide bonds. The first-order valence-corrected chi connectivity index (χ1v) is 6.66. The van der Waals surface area contributed by atoms with Gasteiger partial charge in [0.2, 0.25) is 0 Å². The number of halogens is 1. The molecule has 0 aromatic carbocycles. The zero-order valence-electron chi connectivity index (χ0n) is 8.05. The maximum atomic E-state index is 10.4. The molecule has 0 aliphatic rings. The van der Waals surface area contributed by atoms with Crippen LogP contribution in [0.25, 0.3) is 0 Å². The third-order valence-electron chi connectivity index (χ3n) is 1.54. The van der Waals surface area contributed by atoms with Crippen LogP contribution in [0.4, 0.5) is 0 Å². The minimum atomic E-state index is -0.204. The Morgan fingerprint density at radius 2 is 1.85 bits per heavy atom. The quantitative estimate of drug-likeness (QED) is 0.383. The monoisotopic (exact) mass is 268 g/mol. The summed E-state index contributed by atoms with van der Waals surface area (Å²) in [4.78, 5) is 10.4. The van der Waals surface area contributed by atoms with E-state index in [-0.39, 0.29) is 5.97 Å². The van der Waals surface area contributed by atoms with Gasteiger partial charge in [0, 0.05) is 18.0 Å². The SMILES string of the molecule is CC(=O)OSCCCCCCCBr. The molecule has 0 aromatic rings. The number of hydrogen-bond donors (Lipinski definition) is 0. The van der Waals surface area contributed by atoms with Gasteiger partial charge in [-0.2, -0.15) is 0 Å². The molecule has 13 heavy (non-hydrogen) atoms. The fourth-order valence-corrected chi connectivity index (χ4v) is 1.88. The van der Waals surface area contributed by atoms with E-state index in [2.05, 4.69) is 15.9 Å². The molecular formula is C9H17BrO2S. The van der Waals surface area contributed by atoms with Crippen molar-refractivity contribution in [1.82, 2.24) is 0 Å². The van der Waals surface area contributed by atoms with Gasteiger partial charge in [0.05, 0.1) is 12.0 Å². The van der Waals surface area contributed by atoms with Crippen molar-refractivity contribution in [2.75, 3.05) is 11.1 Å². The Morgan fingerprint density at radius 3 is 2.46 bits per heavy atom. The Morgan fingerprint density at radius 1 is 1.23 bits per heavy atom. The van der Waals surface area contributed by atoms with Gasteiger partial charge in [0.25, 0.3) is 0 Å². The van der Waals surface area contributed by atoms with Crippen molar-refractivity contribution in [1.29, 1.82) is 0 Å². The third-order valence-corrected chi connectivity index (χ3v) is 2.91. The molecule has 78 valence electrons. The van der Waals surface area contributed by atoms with E-state index in [9.17, 15) is 4.79 Å². The van der Waals surface area contributed by atoms with E-state index in [4.69, 9.17) is 4.18 Å². The second-order valence-corrected chi connectivity index (χ2v) is 4.46. The van der Waals surface area contributed by atoms with Gasteiger partial charge in [0.15, 0.2) is 0 Å². The Labute approximate surface area is 93.1 Å². The van der Waals surface area contributed by atoms with E-state index in [1.54, 1.807) is 0 Å². The standard InChI is InChI=1S/C9H17BrO2S/c1-9(11)12-13-8-6-4-2-3-5-7-10/h2-8H2,1H3. The molecule has 0 bridgehead atoms. The summed E-state index contributed by atoms with van der Waals surface area (Å²) in [5.74, 6) is 0.720. The number of hydrogen-bond acceptors (Lipinski definition) is 3. The summed E-state index contributed by atoms with van der Waals surface area (Å²) < 4.78 is 4.74. The molecule has 0 saturated carbocycles. The van der Waals surface area contributed by atoms with Gasteiger partial charge in [-0.3, -0.25) is 4.79 Å². The zero-order valence-corrected chi connectivity index (χ0v) is 10.5. The van der Waals surface area contributed by atoms with Gasteiger partial charge in [-0.25, -0.2) is 0 Å². The molecule has 0 aliphatic heterocycles. The maximum absolute atomic E-state index is 10.4. The molecule has 0 aromatic heterocycles. The Hall–Kier alpha value is 0.300. The fraction of sp³-hybridized carbons (Fsp3) is 0.889. The van der Waals surface area contributed by atoms with Gasteiger partial charge >= 0.3 is 5.97 Å². The van der Waals surface area contributed by atoms with Crippen molar-refractivity contribution in [3.63, 3.8) is 0 Å². The van der Waals surface area contributed by atoms with Crippen molar-refractivity contribution in [2.45, 2.75) is 39.0 Å². The Balaban J connectivity index is 2.87. The predicted molar refractivity (Wildman–Crippen MR) is 61.1 cm³/mol. The van der Waals surface area contributed by atoms with Crippen LogP contribution >= 0.6 is 28.0 Å². The van der Waals surface area contributed by atoms with Crippen molar-refractivity contribution in [3.8, 4) is 0 Å². The summed E-state index contributed by atoms with van der Waals surface area (Å²) in [5.41, 5.74) is 0. The first-order valence-electron chi connectivity index (χ1n) is 4.63. The van der Waals surface area contributed by atoms with Crippen LogP contribution < -0.4 is 0 Å². The van der Waals surface area contributed by atoms with E-state index >= 15 is 0 Å². The molecule has 0 atom stereocenters. The molecule has 0 saturated heterocycles. The minimum Gasteiger partial charge on any atom is -0.392 e. The molecule has 0 fully saturated rings. The average molecular weight is 269 g/mol. The van der Waals surface area contributed by atoms with Crippen LogP contribution in [0.2, 0.25) is 0 Å². The molecule has 0 heterocycles. The average Bonchev–Trinajstić information content (AvgIpc) is 2.09. The highest BCUT2D eigenvalue weighted by Crippen LogP contribution is 2.10. The molecule has 2 nitrogen and oxygen atoms in total. The maximum Gasteiger partial charge on any atom is 0.314 e. The zero-order chi connectivity index (χ0) is 9.94. The summed E-state index contributed by atoms with van der Waals surface area (Å²) in [6.07, 6.45) is 6.22. The highest BCUT2D eigenvalue weighted by Gasteiger charge is 1.94. The summed E-state index contributed by atoms with van der Waals surface area (Å²) >= 11 is 4.66. The molecule has 4 heteroatoms. The Kier molecular flexibility index (Phi) is 10.6. The van der Waals surface area contributed by atoms with Gasteiger partial charge in [0.1, 0.15) is 0 Å². The predicted octanol–water partition coefficient (Wildman–Crippen LogP) is 3.54. The largest absolute Gasteiger partial charge is 0.392 e. The smallest absolute Gasteiger partial charge is 0.314 e. The highest BCUT2D eigenvalue weighted by atomic mass is 79.9. The molecular weight excluding hydrogens is 252 g/mol. The lowest BCUT2D eigenvalue weighted by atomic mass is 10.2.